The van der Waals surface area contributed by atoms with Crippen LogP contribution in [0.5, 0.6) is 11.5 Å². The zero-order chi connectivity index (χ0) is 28.3. The highest BCUT2D eigenvalue weighted by Crippen LogP contribution is 2.44. The molecule has 0 radical (unpaired) electrons. The van der Waals surface area contributed by atoms with Crippen molar-refractivity contribution in [2.75, 3.05) is 13.7 Å². The van der Waals surface area contributed by atoms with Gasteiger partial charge >= 0.3 is 12.0 Å². The van der Waals surface area contributed by atoms with Gasteiger partial charge < -0.3 is 23.9 Å². The first kappa shape index (κ1) is 28.8. The van der Waals surface area contributed by atoms with Crippen molar-refractivity contribution >= 4 is 74.7 Å². The van der Waals surface area contributed by atoms with Gasteiger partial charge in [-0.1, -0.05) is 40.9 Å². The van der Waals surface area contributed by atoms with Crippen molar-refractivity contribution in [1.29, 1.82) is 0 Å². The molecule has 13 heteroatoms. The number of methoxy groups -OCH3 is 1. The van der Waals surface area contributed by atoms with E-state index in [-0.39, 0.29) is 41.1 Å². The van der Waals surface area contributed by atoms with Crippen molar-refractivity contribution in [3.05, 3.63) is 84.3 Å². The summed E-state index contributed by atoms with van der Waals surface area (Å²) in [7, 11) is 1.22. The van der Waals surface area contributed by atoms with E-state index in [1.54, 1.807) is 31.2 Å². The number of nitrogens with one attached hydrogen (secondary N) is 1. The molecule has 1 aliphatic rings. The van der Waals surface area contributed by atoms with Crippen molar-refractivity contribution < 1.29 is 33.0 Å². The summed E-state index contributed by atoms with van der Waals surface area (Å²) in [6, 6.07) is 8.90. The maximum atomic E-state index is 13.0. The molecule has 2 heterocycles. The van der Waals surface area contributed by atoms with Crippen LogP contribution in [0, 0.1) is 0 Å². The number of ether oxygens (including phenoxy) is 3. The van der Waals surface area contributed by atoms with Gasteiger partial charge in [0.2, 0.25) is 5.76 Å². The fraction of sp³-hybridized carbons (Fsp3) is 0.192. The van der Waals surface area contributed by atoms with Crippen molar-refractivity contribution in [3.8, 4) is 11.5 Å². The molecule has 1 aliphatic heterocycles. The molecule has 0 bridgehead atoms. The smallest absolute Gasteiger partial charge is 0.373 e. The number of carbonyl (C=O) groups excluding carboxylic acids is 3. The highest BCUT2D eigenvalue weighted by atomic mass is 79.9. The third-order valence-electron chi connectivity index (χ3n) is 5.47. The highest BCUT2D eigenvalue weighted by Gasteiger charge is 2.35. The summed E-state index contributed by atoms with van der Waals surface area (Å²) in [4.78, 5) is 38.1. The predicted molar refractivity (Wildman–Crippen MR) is 148 cm³/mol. The molecular weight excluding hydrogens is 639 g/mol. The summed E-state index contributed by atoms with van der Waals surface area (Å²) in [5.41, 5.74) is 1.15. The summed E-state index contributed by atoms with van der Waals surface area (Å²) in [6.45, 7) is 2.01. The van der Waals surface area contributed by atoms with Crippen molar-refractivity contribution in [2.45, 2.75) is 20.1 Å². The van der Waals surface area contributed by atoms with Crippen molar-refractivity contribution in [1.82, 2.24) is 10.2 Å². The van der Waals surface area contributed by atoms with E-state index in [9.17, 15) is 14.4 Å². The van der Waals surface area contributed by atoms with Gasteiger partial charge in [-0.2, -0.15) is 0 Å². The molecule has 1 fully saturated rings. The van der Waals surface area contributed by atoms with Gasteiger partial charge in [-0.3, -0.25) is 9.69 Å². The minimum atomic E-state index is -0.672. The van der Waals surface area contributed by atoms with Crippen LogP contribution >= 0.6 is 50.7 Å². The van der Waals surface area contributed by atoms with Crippen LogP contribution < -0.4 is 14.8 Å². The lowest BCUT2D eigenvalue weighted by atomic mass is 10.1. The third kappa shape index (κ3) is 6.36. The fourth-order valence-electron chi connectivity index (χ4n) is 3.60. The van der Waals surface area contributed by atoms with Crippen LogP contribution in [0.2, 0.25) is 15.1 Å². The van der Waals surface area contributed by atoms with Crippen LogP contribution in [0.15, 0.2) is 51.0 Å². The lowest BCUT2D eigenvalue weighted by molar-refractivity contribution is -0.123. The normalized spacial score (nSPS) is 14.1. The summed E-state index contributed by atoms with van der Waals surface area (Å²) in [5, 5.41) is 3.67. The lowest BCUT2D eigenvalue weighted by Gasteiger charge is -2.17. The summed E-state index contributed by atoms with van der Waals surface area (Å²) >= 11 is 22.3. The molecule has 0 unspecified atom stereocenters. The van der Waals surface area contributed by atoms with E-state index in [1.807, 2.05) is 0 Å². The number of esters is 1. The molecule has 39 heavy (non-hydrogen) atoms. The molecule has 1 N–H and O–H groups in total. The molecule has 1 aromatic heterocycles. The monoisotopic (exact) mass is 656 g/mol. The molecule has 0 saturated carbocycles. The van der Waals surface area contributed by atoms with Gasteiger partial charge in [0.25, 0.3) is 5.91 Å². The first-order valence-electron chi connectivity index (χ1n) is 11.4. The highest BCUT2D eigenvalue weighted by molar-refractivity contribution is 9.10. The quantitative estimate of drug-likeness (QED) is 0.152. The third-order valence-corrected chi connectivity index (χ3v) is 7.50. The maximum absolute atomic E-state index is 13.0. The van der Waals surface area contributed by atoms with Gasteiger partial charge in [0.1, 0.15) is 23.1 Å². The molecular formula is C26H20BrCl3N2O7. The molecule has 4 rings (SSSR count). The number of hydrogen-bond donors (Lipinski definition) is 1. The van der Waals surface area contributed by atoms with Crippen LogP contribution in [-0.2, 0) is 22.7 Å². The van der Waals surface area contributed by atoms with Crippen molar-refractivity contribution in [3.63, 3.8) is 0 Å². The number of benzene rings is 2. The van der Waals surface area contributed by atoms with E-state index in [4.69, 9.17) is 48.7 Å². The van der Waals surface area contributed by atoms with E-state index < -0.39 is 17.9 Å². The molecule has 0 atom stereocenters. The summed E-state index contributed by atoms with van der Waals surface area (Å²) < 4.78 is 22.1. The van der Waals surface area contributed by atoms with Crippen LogP contribution in [0.3, 0.4) is 0 Å². The number of urea groups is 1. The molecule has 204 valence electrons. The van der Waals surface area contributed by atoms with Gasteiger partial charge in [-0.05, 0) is 64.8 Å². The Morgan fingerprint density at radius 1 is 1.13 bits per heavy atom. The van der Waals surface area contributed by atoms with Crippen LogP contribution in [0.1, 0.15) is 34.4 Å². The van der Waals surface area contributed by atoms with E-state index in [2.05, 4.69) is 26.0 Å². The molecule has 0 spiro atoms. The second-order valence-electron chi connectivity index (χ2n) is 8.02. The Balaban J connectivity index is 1.58. The number of carbonyl (C=O) groups is 3. The van der Waals surface area contributed by atoms with Gasteiger partial charge in [-0.15, -0.1) is 0 Å². The molecule has 9 nitrogen and oxygen atoms in total. The molecule has 1 saturated heterocycles. The Morgan fingerprint density at radius 3 is 2.59 bits per heavy atom. The van der Waals surface area contributed by atoms with Crippen LogP contribution in [-0.4, -0.2) is 36.5 Å². The van der Waals surface area contributed by atoms with E-state index in [1.165, 1.54) is 25.3 Å². The van der Waals surface area contributed by atoms with E-state index in [0.29, 0.717) is 38.0 Å². The summed E-state index contributed by atoms with van der Waals surface area (Å²) in [5.74, 6) is -0.504. The molecule has 3 aromatic rings. The number of imide groups is 1. The second-order valence-corrected chi connectivity index (χ2v) is 10.0. The van der Waals surface area contributed by atoms with Gasteiger partial charge in [0, 0.05) is 20.1 Å². The van der Waals surface area contributed by atoms with Gasteiger partial charge in [0.05, 0.1) is 20.3 Å². The standard InChI is InChI=1S/C26H20BrCl3N2O7/c1-3-37-20-9-14(21(27)22(30)23(20)38-12-13-4-5-15(28)10-17(13)29)8-18-24(33)32(26(35)31-18)11-16-6-7-19(39-16)25(34)36-2/h4-10H,3,11-12H2,1-2H3,(H,31,35)/b18-8-. The lowest BCUT2D eigenvalue weighted by Crippen LogP contribution is -2.30. The number of furan rings is 1. The average Bonchev–Trinajstić information content (AvgIpc) is 3.48. The van der Waals surface area contributed by atoms with Gasteiger partial charge in [0.15, 0.2) is 11.5 Å². The number of hydrogen-bond acceptors (Lipinski definition) is 7. The first-order valence-corrected chi connectivity index (χ1v) is 13.3. The number of halogens is 4. The van der Waals surface area contributed by atoms with Gasteiger partial charge in [-0.25, -0.2) is 9.59 Å². The molecule has 2 aromatic carbocycles. The topological polar surface area (TPSA) is 107 Å². The Morgan fingerprint density at radius 2 is 1.90 bits per heavy atom. The SMILES string of the molecule is CCOc1cc(/C=C2\NC(=O)N(Cc3ccc(C(=O)OC)o3)C2=O)c(Br)c(Cl)c1OCc1ccc(Cl)cc1Cl. The number of amides is 3. The Bertz CT molecular complexity index is 1490. The maximum Gasteiger partial charge on any atom is 0.373 e. The van der Waals surface area contributed by atoms with Crippen molar-refractivity contribution in [2.24, 2.45) is 0 Å². The van der Waals surface area contributed by atoms with Crippen LogP contribution in [0.4, 0.5) is 4.79 Å². The molecule has 3 amide bonds. The number of rotatable bonds is 9. The zero-order valence-electron chi connectivity index (χ0n) is 20.5. The predicted octanol–water partition coefficient (Wildman–Crippen LogP) is 6.86. The fourth-order valence-corrected chi connectivity index (χ4v) is 4.72. The number of nitrogens with zero attached hydrogens (tertiary/aromatic N) is 1. The molecule has 0 aliphatic carbocycles. The van der Waals surface area contributed by atoms with Crippen LogP contribution in [0.25, 0.3) is 6.08 Å². The zero-order valence-corrected chi connectivity index (χ0v) is 24.3. The second kappa shape index (κ2) is 12.3. The first-order chi connectivity index (χ1) is 18.6. The van der Waals surface area contributed by atoms with E-state index in [0.717, 1.165) is 4.90 Å². The summed E-state index contributed by atoms with van der Waals surface area (Å²) in [6.07, 6.45) is 1.46. The minimum absolute atomic E-state index is 0.000534. The Kier molecular flexibility index (Phi) is 9.12. The average molecular weight is 659 g/mol. The van der Waals surface area contributed by atoms with E-state index >= 15 is 0 Å². The Labute approximate surface area is 246 Å². The Hall–Kier alpha value is -3.18. The minimum Gasteiger partial charge on any atom is -0.490 e. The largest absolute Gasteiger partial charge is 0.490 e.